The molecule has 3 heteroatoms. The molecule has 1 rings (SSSR count). The third kappa shape index (κ3) is 8.34. The second kappa shape index (κ2) is 10.9. The van der Waals surface area contributed by atoms with Crippen LogP contribution in [0, 0.1) is 5.92 Å². The average Bonchev–Trinajstić information content (AvgIpc) is 2.44. The van der Waals surface area contributed by atoms with Crippen LogP contribution in [0.4, 0.5) is 0 Å². The molecule has 0 spiro atoms. The lowest BCUT2D eigenvalue weighted by Gasteiger charge is -2.18. The summed E-state index contributed by atoms with van der Waals surface area (Å²) in [7, 11) is 0. The van der Waals surface area contributed by atoms with E-state index in [-0.39, 0.29) is 5.91 Å². The normalized spacial score (nSPS) is 21.1. The van der Waals surface area contributed by atoms with Gasteiger partial charge in [-0.05, 0) is 38.0 Å². The Morgan fingerprint density at radius 1 is 1.20 bits per heavy atom. The number of rotatable bonds is 9. The minimum Gasteiger partial charge on any atom is -0.273 e. The molecule has 1 aliphatic rings. The number of nitrogens with one attached hydrogen (secondary N) is 1. The highest BCUT2D eigenvalue weighted by atomic mass is 16.2. The summed E-state index contributed by atoms with van der Waals surface area (Å²) in [4.78, 5) is 11.7. The van der Waals surface area contributed by atoms with Gasteiger partial charge in [-0.2, -0.15) is 5.10 Å². The molecule has 1 saturated carbocycles. The highest BCUT2D eigenvalue weighted by molar-refractivity contribution is 5.87. The van der Waals surface area contributed by atoms with Crippen LogP contribution in [0.2, 0.25) is 0 Å². The van der Waals surface area contributed by atoms with Gasteiger partial charge in [-0.25, -0.2) is 5.43 Å². The number of hydrazone groups is 1. The SMILES string of the molecule is CCCCCCCCCC(=O)NN=C1CCCC(C)C1. The molecule has 20 heavy (non-hydrogen) atoms. The molecule has 1 amide bonds. The molecule has 116 valence electrons. The van der Waals surface area contributed by atoms with E-state index in [0.29, 0.717) is 6.42 Å². The van der Waals surface area contributed by atoms with Crippen molar-refractivity contribution >= 4 is 11.6 Å². The van der Waals surface area contributed by atoms with Gasteiger partial charge < -0.3 is 0 Å². The molecule has 1 N–H and O–H groups in total. The summed E-state index contributed by atoms with van der Waals surface area (Å²) < 4.78 is 0. The molecule has 0 heterocycles. The number of carbonyl (C=O) groups excluding carboxylic acids is 1. The number of carbonyl (C=O) groups is 1. The van der Waals surface area contributed by atoms with Crippen molar-refractivity contribution in [2.75, 3.05) is 0 Å². The van der Waals surface area contributed by atoms with Gasteiger partial charge in [-0.3, -0.25) is 4.79 Å². The quantitative estimate of drug-likeness (QED) is 0.478. The Labute approximate surface area is 124 Å². The monoisotopic (exact) mass is 280 g/mol. The van der Waals surface area contributed by atoms with E-state index in [4.69, 9.17) is 0 Å². The molecule has 0 aromatic heterocycles. The number of hydrogen-bond acceptors (Lipinski definition) is 2. The van der Waals surface area contributed by atoms with Crippen molar-refractivity contribution in [3.8, 4) is 0 Å². The average molecular weight is 280 g/mol. The van der Waals surface area contributed by atoms with Crippen molar-refractivity contribution in [3.05, 3.63) is 0 Å². The van der Waals surface area contributed by atoms with Gasteiger partial charge in [0.25, 0.3) is 0 Å². The minimum atomic E-state index is 0.0873. The lowest BCUT2D eigenvalue weighted by atomic mass is 9.89. The maximum Gasteiger partial charge on any atom is 0.240 e. The minimum absolute atomic E-state index is 0.0873. The van der Waals surface area contributed by atoms with Gasteiger partial charge in [0.15, 0.2) is 0 Å². The summed E-state index contributed by atoms with van der Waals surface area (Å²) in [6.45, 7) is 4.49. The van der Waals surface area contributed by atoms with Crippen molar-refractivity contribution in [2.45, 2.75) is 90.9 Å². The highest BCUT2D eigenvalue weighted by Crippen LogP contribution is 2.20. The first kappa shape index (κ1) is 17.2. The second-order valence-electron chi connectivity index (χ2n) is 6.29. The zero-order valence-electron chi connectivity index (χ0n) is 13.4. The molecule has 1 atom stereocenters. The maximum atomic E-state index is 11.7. The fourth-order valence-electron chi connectivity index (χ4n) is 2.80. The summed E-state index contributed by atoms with van der Waals surface area (Å²) in [5, 5.41) is 4.29. The van der Waals surface area contributed by atoms with Gasteiger partial charge in [-0.1, -0.05) is 52.4 Å². The van der Waals surface area contributed by atoms with Crippen LogP contribution >= 0.6 is 0 Å². The fraction of sp³-hybridized carbons (Fsp3) is 0.882. The summed E-state index contributed by atoms with van der Waals surface area (Å²) >= 11 is 0. The molecular formula is C17H32N2O. The van der Waals surface area contributed by atoms with Gasteiger partial charge in [0.2, 0.25) is 5.91 Å². The van der Waals surface area contributed by atoms with Gasteiger partial charge in [0, 0.05) is 12.1 Å². The lowest BCUT2D eigenvalue weighted by Crippen LogP contribution is -2.21. The Morgan fingerprint density at radius 2 is 1.90 bits per heavy atom. The number of hydrogen-bond donors (Lipinski definition) is 1. The van der Waals surface area contributed by atoms with Gasteiger partial charge in [0.05, 0.1) is 0 Å². The van der Waals surface area contributed by atoms with E-state index in [0.717, 1.165) is 25.2 Å². The molecule has 0 radical (unpaired) electrons. The van der Waals surface area contributed by atoms with Crippen molar-refractivity contribution < 1.29 is 4.79 Å². The molecular weight excluding hydrogens is 248 g/mol. The van der Waals surface area contributed by atoms with Crippen LogP contribution in [0.5, 0.6) is 0 Å². The maximum absolute atomic E-state index is 11.7. The third-order valence-corrected chi connectivity index (χ3v) is 4.09. The molecule has 1 aliphatic carbocycles. The van der Waals surface area contributed by atoms with E-state index in [1.165, 1.54) is 57.1 Å². The lowest BCUT2D eigenvalue weighted by molar-refractivity contribution is -0.121. The zero-order valence-corrected chi connectivity index (χ0v) is 13.4. The van der Waals surface area contributed by atoms with Gasteiger partial charge in [0.1, 0.15) is 0 Å². The molecule has 0 aliphatic heterocycles. The van der Waals surface area contributed by atoms with Gasteiger partial charge >= 0.3 is 0 Å². The Balaban J connectivity index is 2.01. The van der Waals surface area contributed by atoms with Gasteiger partial charge in [-0.15, -0.1) is 0 Å². The zero-order chi connectivity index (χ0) is 14.6. The molecule has 3 nitrogen and oxygen atoms in total. The van der Waals surface area contributed by atoms with E-state index in [1.54, 1.807) is 0 Å². The van der Waals surface area contributed by atoms with Crippen LogP contribution in [-0.2, 0) is 4.79 Å². The van der Waals surface area contributed by atoms with Crippen LogP contribution in [0.15, 0.2) is 5.10 Å². The van der Waals surface area contributed by atoms with Crippen LogP contribution in [0.3, 0.4) is 0 Å². The second-order valence-corrected chi connectivity index (χ2v) is 6.29. The summed E-state index contributed by atoms with van der Waals surface area (Å²) in [5.74, 6) is 0.812. The summed E-state index contributed by atoms with van der Waals surface area (Å²) in [6, 6.07) is 0. The number of unbranched alkanes of at least 4 members (excludes halogenated alkanes) is 6. The Morgan fingerprint density at radius 3 is 2.60 bits per heavy atom. The molecule has 0 aromatic carbocycles. The van der Waals surface area contributed by atoms with Crippen molar-refractivity contribution in [3.63, 3.8) is 0 Å². The van der Waals surface area contributed by atoms with Crippen molar-refractivity contribution in [1.29, 1.82) is 0 Å². The highest BCUT2D eigenvalue weighted by Gasteiger charge is 2.14. The molecule has 0 saturated heterocycles. The van der Waals surface area contributed by atoms with Crippen LogP contribution in [0.1, 0.15) is 90.9 Å². The van der Waals surface area contributed by atoms with Crippen molar-refractivity contribution in [2.24, 2.45) is 11.0 Å². The molecule has 1 fully saturated rings. The van der Waals surface area contributed by atoms with E-state index in [1.807, 2.05) is 0 Å². The van der Waals surface area contributed by atoms with E-state index >= 15 is 0 Å². The molecule has 1 unspecified atom stereocenters. The first-order valence-electron chi connectivity index (χ1n) is 8.56. The predicted molar refractivity (Wildman–Crippen MR) is 85.8 cm³/mol. The number of nitrogens with zero attached hydrogens (tertiary/aromatic N) is 1. The first-order valence-corrected chi connectivity index (χ1v) is 8.56. The standard InChI is InChI=1S/C17H32N2O/c1-3-4-5-6-7-8-9-13-17(20)19-18-16-12-10-11-15(2)14-16/h15H,3-14H2,1-2H3,(H,19,20). The van der Waals surface area contributed by atoms with Crippen LogP contribution < -0.4 is 5.43 Å². The van der Waals surface area contributed by atoms with E-state index in [2.05, 4.69) is 24.4 Å². The van der Waals surface area contributed by atoms with Crippen molar-refractivity contribution in [1.82, 2.24) is 5.43 Å². The topological polar surface area (TPSA) is 41.5 Å². The Hall–Kier alpha value is -0.860. The largest absolute Gasteiger partial charge is 0.273 e. The summed E-state index contributed by atoms with van der Waals surface area (Å²) in [5.41, 5.74) is 3.91. The predicted octanol–water partition coefficient (Wildman–Crippen LogP) is 4.81. The van der Waals surface area contributed by atoms with E-state index in [9.17, 15) is 4.79 Å². The number of amides is 1. The Bertz CT molecular complexity index is 299. The van der Waals surface area contributed by atoms with Crippen LogP contribution in [-0.4, -0.2) is 11.6 Å². The fourth-order valence-corrected chi connectivity index (χ4v) is 2.80. The Kier molecular flexibility index (Phi) is 9.35. The molecule has 0 aromatic rings. The summed E-state index contributed by atoms with van der Waals surface area (Å²) in [6.07, 6.45) is 14.0. The third-order valence-electron chi connectivity index (χ3n) is 4.09. The van der Waals surface area contributed by atoms with Crippen LogP contribution in [0.25, 0.3) is 0 Å². The first-order chi connectivity index (χ1) is 9.72. The smallest absolute Gasteiger partial charge is 0.240 e. The molecule has 0 bridgehead atoms. The van der Waals surface area contributed by atoms with E-state index < -0.39 is 0 Å².